The third-order valence-corrected chi connectivity index (χ3v) is 8.70. The van der Waals surface area contributed by atoms with Crippen molar-refractivity contribution in [2.45, 2.75) is 57.2 Å². The first-order valence-electron chi connectivity index (χ1n) is 15.0. The van der Waals surface area contributed by atoms with Gasteiger partial charge in [0.25, 0.3) is 5.88 Å². The lowest BCUT2D eigenvalue weighted by Crippen LogP contribution is -2.35. The molecule has 1 unspecified atom stereocenters. The van der Waals surface area contributed by atoms with Crippen LogP contribution in [-0.4, -0.2) is 65.4 Å². The lowest BCUT2D eigenvalue weighted by atomic mass is 9.93. The predicted octanol–water partition coefficient (Wildman–Crippen LogP) is 6.31. The van der Waals surface area contributed by atoms with Crippen LogP contribution in [0.4, 0.5) is 22.0 Å². The molecule has 0 amide bonds. The summed E-state index contributed by atoms with van der Waals surface area (Å²) in [4.78, 5) is 19.4. The number of piperidine rings is 1. The van der Waals surface area contributed by atoms with Gasteiger partial charge in [0.15, 0.2) is 11.6 Å². The number of rotatable bonds is 9. The van der Waals surface area contributed by atoms with Crippen LogP contribution >= 0.6 is 11.6 Å². The maximum atomic E-state index is 14.5. The van der Waals surface area contributed by atoms with Crippen LogP contribution in [0.25, 0.3) is 22.6 Å². The number of ether oxygens (including phenoxy) is 2. The molecule has 47 heavy (non-hydrogen) atoms. The van der Waals surface area contributed by atoms with E-state index in [4.69, 9.17) is 26.1 Å². The SMILES string of the molecule is Fc1cc(Cl)ccc1COc1nc(C2CCN(Cc3nc4cc(-c5n[nH]c(C(F)(F)F)n5)ncc4n3CC3CCO3)CC2)ccc1F. The summed E-state index contributed by atoms with van der Waals surface area (Å²) in [5, 5.41) is 5.87. The first-order chi connectivity index (χ1) is 22.6. The molecule has 0 bridgehead atoms. The van der Waals surface area contributed by atoms with Gasteiger partial charge in [-0.3, -0.25) is 15.0 Å². The molecule has 7 rings (SSSR count). The van der Waals surface area contributed by atoms with Crippen molar-refractivity contribution < 1.29 is 31.4 Å². The summed E-state index contributed by atoms with van der Waals surface area (Å²) in [5.41, 5.74) is 2.42. The molecule has 5 aromatic rings. The van der Waals surface area contributed by atoms with Crippen molar-refractivity contribution in [1.82, 2.24) is 39.6 Å². The van der Waals surface area contributed by atoms with E-state index >= 15 is 0 Å². The smallest absolute Gasteiger partial charge is 0.451 e. The van der Waals surface area contributed by atoms with E-state index in [9.17, 15) is 22.0 Å². The Bertz CT molecular complexity index is 1900. The number of benzene rings is 1. The summed E-state index contributed by atoms with van der Waals surface area (Å²) in [6.07, 6.45) is -0.602. The first kappa shape index (κ1) is 31.4. The zero-order valence-electron chi connectivity index (χ0n) is 24.8. The number of aromatic amines is 1. The number of nitrogens with one attached hydrogen (secondary N) is 1. The van der Waals surface area contributed by atoms with Crippen molar-refractivity contribution in [3.8, 4) is 17.4 Å². The number of hydrogen-bond donors (Lipinski definition) is 1. The lowest BCUT2D eigenvalue weighted by molar-refractivity contribution is -0.144. The van der Waals surface area contributed by atoms with Gasteiger partial charge >= 0.3 is 6.18 Å². The standard InChI is InChI=1S/C31H28ClF5N8O2/c32-19-2-1-18(22(34)11-19)16-47-29-21(33)3-4-23(40-29)17-5-8-44(9-6-17)15-27-39-24-12-25(28-41-30(43-42-28)31(35,36)37)38-13-26(24)45(27)14-20-7-10-46-20/h1-4,11-13,17,20H,5-10,14-16H2,(H,41,42,43). The first-order valence-corrected chi connectivity index (χ1v) is 15.4. The molecule has 16 heteroatoms. The Balaban J connectivity index is 1.04. The number of aromatic nitrogens is 7. The van der Waals surface area contributed by atoms with E-state index in [2.05, 4.69) is 29.5 Å². The Labute approximate surface area is 269 Å². The number of nitrogens with zero attached hydrogens (tertiary/aromatic N) is 7. The summed E-state index contributed by atoms with van der Waals surface area (Å²) in [6.45, 7) is 3.05. The average Bonchev–Trinajstić information content (AvgIpc) is 3.65. The molecule has 2 fully saturated rings. The van der Waals surface area contributed by atoms with E-state index in [1.54, 1.807) is 18.3 Å². The molecule has 1 atom stereocenters. The topological polar surface area (TPSA) is 107 Å². The van der Waals surface area contributed by atoms with Crippen LogP contribution in [0.3, 0.4) is 0 Å². The van der Waals surface area contributed by atoms with E-state index in [0.717, 1.165) is 43.7 Å². The van der Waals surface area contributed by atoms with Gasteiger partial charge in [0.2, 0.25) is 5.82 Å². The van der Waals surface area contributed by atoms with Gasteiger partial charge in [-0.2, -0.15) is 18.3 Å². The van der Waals surface area contributed by atoms with E-state index in [1.165, 1.54) is 24.3 Å². The van der Waals surface area contributed by atoms with Crippen LogP contribution in [0.2, 0.25) is 5.02 Å². The molecule has 2 aliphatic rings. The Morgan fingerprint density at radius 2 is 1.81 bits per heavy atom. The highest BCUT2D eigenvalue weighted by Crippen LogP contribution is 2.32. The minimum atomic E-state index is -4.65. The molecule has 0 aliphatic carbocycles. The zero-order valence-corrected chi connectivity index (χ0v) is 25.5. The number of fused-ring (bicyclic) bond motifs is 1. The number of halogens is 6. The maximum absolute atomic E-state index is 14.5. The zero-order chi connectivity index (χ0) is 32.7. The molecule has 6 heterocycles. The van der Waals surface area contributed by atoms with Crippen molar-refractivity contribution in [3.63, 3.8) is 0 Å². The van der Waals surface area contributed by atoms with Crippen molar-refractivity contribution in [3.05, 3.63) is 82.2 Å². The molecular weight excluding hydrogens is 647 g/mol. The minimum absolute atomic E-state index is 0.0380. The molecule has 0 spiro atoms. The largest absolute Gasteiger partial charge is 0.471 e. The van der Waals surface area contributed by atoms with Gasteiger partial charge in [-0.05, 0) is 62.7 Å². The van der Waals surface area contributed by atoms with Crippen LogP contribution in [-0.2, 0) is 30.6 Å². The van der Waals surface area contributed by atoms with Crippen LogP contribution in [0, 0.1) is 11.6 Å². The summed E-state index contributed by atoms with van der Waals surface area (Å²) in [5.74, 6) is -1.86. The Morgan fingerprint density at radius 3 is 2.51 bits per heavy atom. The van der Waals surface area contributed by atoms with Gasteiger partial charge in [-0.25, -0.2) is 23.7 Å². The summed E-state index contributed by atoms with van der Waals surface area (Å²) < 4.78 is 81.1. The molecule has 4 aromatic heterocycles. The molecule has 1 aromatic carbocycles. The van der Waals surface area contributed by atoms with E-state index < -0.39 is 23.6 Å². The number of H-pyrrole nitrogens is 1. The van der Waals surface area contributed by atoms with E-state index in [1.807, 2.05) is 5.10 Å². The van der Waals surface area contributed by atoms with Crippen molar-refractivity contribution in [1.29, 1.82) is 0 Å². The molecular formula is C31H28ClF5N8O2. The minimum Gasteiger partial charge on any atom is -0.471 e. The normalized spacial score (nSPS) is 17.7. The molecule has 0 saturated carbocycles. The van der Waals surface area contributed by atoms with Gasteiger partial charge in [-0.15, -0.1) is 0 Å². The monoisotopic (exact) mass is 674 g/mol. The second kappa shape index (κ2) is 12.8. The summed E-state index contributed by atoms with van der Waals surface area (Å²) in [7, 11) is 0. The second-order valence-corrected chi connectivity index (χ2v) is 12.0. The van der Waals surface area contributed by atoms with Gasteiger partial charge in [0.05, 0.1) is 36.4 Å². The van der Waals surface area contributed by atoms with Crippen LogP contribution in [0.1, 0.15) is 48.1 Å². The number of likely N-dealkylation sites (tertiary alicyclic amines) is 1. The molecule has 246 valence electrons. The van der Waals surface area contributed by atoms with Crippen LogP contribution in [0.5, 0.6) is 5.88 Å². The van der Waals surface area contributed by atoms with Crippen molar-refractivity contribution >= 4 is 22.6 Å². The number of alkyl halides is 3. The fraction of sp³-hybridized carbons (Fsp3) is 0.387. The number of hydrogen-bond acceptors (Lipinski definition) is 8. The predicted molar refractivity (Wildman–Crippen MR) is 159 cm³/mol. The van der Waals surface area contributed by atoms with Crippen molar-refractivity contribution in [2.75, 3.05) is 19.7 Å². The highest BCUT2D eigenvalue weighted by atomic mass is 35.5. The number of pyridine rings is 2. The van der Waals surface area contributed by atoms with Gasteiger partial charge in [0.1, 0.15) is 23.9 Å². The molecule has 0 radical (unpaired) electrons. The van der Waals surface area contributed by atoms with E-state index in [0.29, 0.717) is 30.9 Å². The van der Waals surface area contributed by atoms with Gasteiger partial charge < -0.3 is 14.0 Å². The Kier molecular flexibility index (Phi) is 8.53. The highest BCUT2D eigenvalue weighted by Gasteiger charge is 2.35. The molecule has 2 aliphatic heterocycles. The third-order valence-electron chi connectivity index (χ3n) is 8.46. The van der Waals surface area contributed by atoms with Gasteiger partial charge in [-0.1, -0.05) is 17.7 Å². The fourth-order valence-electron chi connectivity index (χ4n) is 5.79. The molecule has 10 nitrogen and oxygen atoms in total. The maximum Gasteiger partial charge on any atom is 0.451 e. The lowest BCUT2D eigenvalue weighted by Gasteiger charge is -2.32. The Hall–Kier alpha value is -4.21. The molecule has 2 saturated heterocycles. The number of imidazole rings is 1. The molecule has 1 N–H and O–H groups in total. The quantitative estimate of drug-likeness (QED) is 0.181. The highest BCUT2D eigenvalue weighted by molar-refractivity contribution is 6.30. The van der Waals surface area contributed by atoms with Crippen LogP contribution < -0.4 is 4.74 Å². The van der Waals surface area contributed by atoms with Crippen LogP contribution in [0.15, 0.2) is 42.6 Å². The third kappa shape index (κ3) is 6.78. The van der Waals surface area contributed by atoms with Crippen molar-refractivity contribution in [2.24, 2.45) is 0 Å². The van der Waals surface area contributed by atoms with Gasteiger partial charge in [0, 0.05) is 28.8 Å². The fourth-order valence-corrected chi connectivity index (χ4v) is 5.95. The summed E-state index contributed by atoms with van der Waals surface area (Å²) >= 11 is 5.81. The summed E-state index contributed by atoms with van der Waals surface area (Å²) in [6, 6.07) is 8.76. The van der Waals surface area contributed by atoms with E-state index in [-0.39, 0.29) is 46.6 Å². The second-order valence-electron chi connectivity index (χ2n) is 11.6. The average molecular weight is 675 g/mol. The Morgan fingerprint density at radius 1 is 1.00 bits per heavy atom.